The molecule has 0 atom stereocenters. The fourth-order valence-electron chi connectivity index (χ4n) is 0.968. The summed E-state index contributed by atoms with van der Waals surface area (Å²) in [5.41, 5.74) is 3.10. The third-order valence-electron chi connectivity index (χ3n) is 1.48. The van der Waals surface area contributed by atoms with E-state index in [0.29, 0.717) is 0 Å². The van der Waals surface area contributed by atoms with Crippen molar-refractivity contribution in [3.05, 3.63) is 34.3 Å². The molecule has 2 rings (SSSR count). The second-order valence-electron chi connectivity index (χ2n) is 2.15. The zero-order valence-electron chi connectivity index (χ0n) is 5.45. The van der Waals surface area contributed by atoms with Crippen molar-refractivity contribution in [2.24, 2.45) is 0 Å². The topological polar surface area (TPSA) is 12.9 Å². The molecule has 1 aliphatic carbocycles. The molecule has 0 amide bonds. The molecule has 1 aliphatic rings. The van der Waals surface area contributed by atoms with Gasteiger partial charge in [-0.15, -0.1) is 11.3 Å². The Hall–Kier alpha value is -0.890. The summed E-state index contributed by atoms with van der Waals surface area (Å²) in [5.74, 6) is 0. The molecule has 0 radical (unpaired) electrons. The van der Waals surface area contributed by atoms with Crippen molar-refractivity contribution in [3.8, 4) is 0 Å². The summed E-state index contributed by atoms with van der Waals surface area (Å²) in [6, 6.07) is 0. The maximum absolute atomic E-state index is 4.23. The lowest BCUT2D eigenvalue weighted by atomic mass is 10.3. The molecule has 2 heteroatoms. The summed E-state index contributed by atoms with van der Waals surface area (Å²) in [6.45, 7) is 0. The molecule has 0 unspecified atom stereocenters. The predicted molar refractivity (Wildman–Crippen MR) is 44.0 cm³/mol. The number of hydrogen-bond donors (Lipinski definition) is 0. The van der Waals surface area contributed by atoms with Crippen LogP contribution >= 0.6 is 11.3 Å². The van der Waals surface area contributed by atoms with E-state index in [0.717, 1.165) is 6.42 Å². The Balaban J connectivity index is 2.50. The van der Waals surface area contributed by atoms with Crippen molar-refractivity contribution >= 4 is 17.4 Å². The Morgan fingerprint density at radius 1 is 1.40 bits per heavy atom. The van der Waals surface area contributed by atoms with E-state index in [1.165, 1.54) is 10.6 Å². The lowest BCUT2D eigenvalue weighted by Gasteiger charge is -1.87. The van der Waals surface area contributed by atoms with Gasteiger partial charge in [-0.2, -0.15) is 0 Å². The highest BCUT2D eigenvalue weighted by Gasteiger charge is 2.01. The average Bonchev–Trinajstić information content (AvgIpc) is 2.28. The minimum absolute atomic E-state index is 0.978. The number of hydrogen-bond acceptors (Lipinski definition) is 2. The molecule has 50 valence electrons. The third-order valence-corrected chi connectivity index (χ3v) is 2.32. The van der Waals surface area contributed by atoms with Gasteiger partial charge in [0, 0.05) is 6.42 Å². The van der Waals surface area contributed by atoms with Crippen LogP contribution in [0.5, 0.6) is 0 Å². The van der Waals surface area contributed by atoms with E-state index in [9.17, 15) is 0 Å². The van der Waals surface area contributed by atoms with Crippen LogP contribution < -0.4 is 0 Å². The van der Waals surface area contributed by atoms with Crippen molar-refractivity contribution in [1.29, 1.82) is 0 Å². The molecule has 0 fully saturated rings. The largest absolute Gasteiger partial charge is 0.249 e. The molecule has 1 nitrogen and oxygen atoms in total. The van der Waals surface area contributed by atoms with Gasteiger partial charge in [0.2, 0.25) is 0 Å². The van der Waals surface area contributed by atoms with E-state index < -0.39 is 0 Å². The molecule has 10 heavy (non-hydrogen) atoms. The maximum atomic E-state index is 4.23. The van der Waals surface area contributed by atoms with E-state index in [-0.39, 0.29) is 0 Å². The van der Waals surface area contributed by atoms with E-state index in [1.807, 2.05) is 5.51 Å². The normalized spacial score (nSPS) is 14.8. The predicted octanol–water partition coefficient (Wildman–Crippen LogP) is 2.27. The summed E-state index contributed by atoms with van der Waals surface area (Å²) in [6.07, 6.45) is 9.34. The van der Waals surface area contributed by atoms with Crippen LogP contribution in [0.1, 0.15) is 10.6 Å². The first-order chi connectivity index (χ1) is 4.97. The Kier molecular flexibility index (Phi) is 1.40. The summed E-state index contributed by atoms with van der Waals surface area (Å²) in [5, 5.41) is 0. The van der Waals surface area contributed by atoms with Crippen molar-refractivity contribution < 1.29 is 0 Å². The molecule has 0 bridgehead atoms. The molecule has 0 aromatic carbocycles. The number of fused-ring (bicyclic) bond motifs is 1. The smallest absolute Gasteiger partial charge is 0.0801 e. The highest BCUT2D eigenvalue weighted by molar-refractivity contribution is 7.10. The summed E-state index contributed by atoms with van der Waals surface area (Å²) in [7, 11) is 0. The molecule has 0 saturated heterocycles. The monoisotopic (exact) mass is 149 g/mol. The Bertz CT molecular complexity index is 283. The van der Waals surface area contributed by atoms with Crippen LogP contribution in [0.3, 0.4) is 0 Å². The molecule has 1 aromatic rings. The standard InChI is InChI=1S/C8H7NS/c1-2-4-7-8(5-3-1)10-6-9-7/h1-3,5-6H,4H2. The molecule has 0 aliphatic heterocycles. The van der Waals surface area contributed by atoms with Crippen LogP contribution in [-0.2, 0) is 6.42 Å². The summed E-state index contributed by atoms with van der Waals surface area (Å²) >= 11 is 1.70. The molecular formula is C8H7NS. The number of thiazole rings is 1. The second-order valence-corrected chi connectivity index (χ2v) is 3.04. The van der Waals surface area contributed by atoms with E-state index in [1.54, 1.807) is 11.3 Å². The number of rotatable bonds is 0. The van der Waals surface area contributed by atoms with Crippen LogP contribution in [0.15, 0.2) is 23.7 Å². The number of allylic oxidation sites excluding steroid dienone is 3. The first-order valence-electron chi connectivity index (χ1n) is 3.22. The third kappa shape index (κ3) is 0.907. The van der Waals surface area contributed by atoms with E-state index >= 15 is 0 Å². The number of nitrogens with zero attached hydrogens (tertiary/aromatic N) is 1. The first-order valence-corrected chi connectivity index (χ1v) is 4.10. The zero-order valence-corrected chi connectivity index (χ0v) is 6.27. The van der Waals surface area contributed by atoms with Crippen LogP contribution in [0.25, 0.3) is 6.08 Å². The van der Waals surface area contributed by atoms with Crippen LogP contribution in [0.4, 0.5) is 0 Å². The SMILES string of the molecule is C1=CCc2ncsc2C=C1. The minimum atomic E-state index is 0.978. The van der Waals surface area contributed by atoms with Crippen molar-refractivity contribution in [2.75, 3.05) is 0 Å². The Morgan fingerprint density at radius 2 is 2.40 bits per heavy atom. The maximum Gasteiger partial charge on any atom is 0.0801 e. The van der Waals surface area contributed by atoms with Gasteiger partial charge in [0.25, 0.3) is 0 Å². The van der Waals surface area contributed by atoms with Crippen molar-refractivity contribution in [3.63, 3.8) is 0 Å². The lowest BCUT2D eigenvalue weighted by molar-refractivity contribution is 1.15. The minimum Gasteiger partial charge on any atom is -0.249 e. The fourth-order valence-corrected chi connectivity index (χ4v) is 1.69. The van der Waals surface area contributed by atoms with Gasteiger partial charge in [-0.3, -0.25) is 0 Å². The zero-order chi connectivity index (χ0) is 6.81. The van der Waals surface area contributed by atoms with Gasteiger partial charge in [-0.25, -0.2) is 4.98 Å². The van der Waals surface area contributed by atoms with Gasteiger partial charge in [0.1, 0.15) is 0 Å². The molecule has 0 saturated carbocycles. The molecular weight excluding hydrogens is 142 g/mol. The number of aromatic nitrogens is 1. The second kappa shape index (κ2) is 2.39. The van der Waals surface area contributed by atoms with Gasteiger partial charge in [0.15, 0.2) is 0 Å². The molecule has 1 heterocycles. The van der Waals surface area contributed by atoms with E-state index in [4.69, 9.17) is 0 Å². The van der Waals surface area contributed by atoms with Crippen molar-refractivity contribution in [1.82, 2.24) is 4.98 Å². The van der Waals surface area contributed by atoms with Gasteiger partial charge in [-0.05, 0) is 6.08 Å². The highest BCUT2D eigenvalue weighted by Crippen LogP contribution is 2.17. The Morgan fingerprint density at radius 3 is 3.40 bits per heavy atom. The van der Waals surface area contributed by atoms with Crippen LogP contribution in [-0.4, -0.2) is 4.98 Å². The summed E-state index contributed by atoms with van der Waals surface area (Å²) < 4.78 is 0. The van der Waals surface area contributed by atoms with Gasteiger partial charge < -0.3 is 0 Å². The fraction of sp³-hybridized carbons (Fsp3) is 0.125. The van der Waals surface area contributed by atoms with Gasteiger partial charge >= 0.3 is 0 Å². The Labute approximate surface area is 63.7 Å². The first kappa shape index (κ1) is 5.86. The molecule has 1 aromatic heterocycles. The highest BCUT2D eigenvalue weighted by atomic mass is 32.1. The van der Waals surface area contributed by atoms with Crippen LogP contribution in [0, 0.1) is 0 Å². The van der Waals surface area contributed by atoms with Gasteiger partial charge in [0.05, 0.1) is 16.1 Å². The average molecular weight is 149 g/mol. The quantitative estimate of drug-likeness (QED) is 0.551. The van der Waals surface area contributed by atoms with E-state index in [2.05, 4.69) is 29.3 Å². The van der Waals surface area contributed by atoms with Gasteiger partial charge in [-0.1, -0.05) is 18.2 Å². The molecule has 0 spiro atoms. The summed E-state index contributed by atoms with van der Waals surface area (Å²) in [4.78, 5) is 5.53. The van der Waals surface area contributed by atoms with Crippen LogP contribution in [0.2, 0.25) is 0 Å². The lowest BCUT2D eigenvalue weighted by Crippen LogP contribution is -1.80. The van der Waals surface area contributed by atoms with Crippen molar-refractivity contribution in [2.45, 2.75) is 6.42 Å². The molecule has 0 N–H and O–H groups in total.